The molecule has 11 nitrogen and oxygen atoms in total. The van der Waals surface area contributed by atoms with Gasteiger partial charge in [0.05, 0.1) is 5.39 Å². The molecule has 2 aliphatic heterocycles. The van der Waals surface area contributed by atoms with Crippen molar-refractivity contribution in [1.29, 1.82) is 0 Å². The number of amides is 2. The van der Waals surface area contributed by atoms with Crippen LogP contribution < -0.4 is 20.9 Å². The summed E-state index contributed by atoms with van der Waals surface area (Å²) in [7, 11) is 0. The number of hydrogen-bond donors (Lipinski definition) is 4. The largest absolute Gasteiger partial charge is 0.444 e. The van der Waals surface area contributed by atoms with E-state index in [9.17, 15) is 9.59 Å². The summed E-state index contributed by atoms with van der Waals surface area (Å²) >= 11 is 7.86. The van der Waals surface area contributed by atoms with Crippen LogP contribution in [0.5, 0.6) is 0 Å². The maximum Gasteiger partial charge on any atom is 0.408 e. The smallest absolute Gasteiger partial charge is 0.408 e. The van der Waals surface area contributed by atoms with Crippen LogP contribution in [0.25, 0.3) is 11.0 Å². The summed E-state index contributed by atoms with van der Waals surface area (Å²) in [5.41, 5.74) is -0.183. The second-order valence-corrected chi connectivity index (χ2v) is 14.0. The third-order valence-corrected chi connectivity index (χ3v) is 9.88. The zero-order valence-corrected chi connectivity index (χ0v) is 27.5. The van der Waals surface area contributed by atoms with Crippen LogP contribution in [0.4, 0.5) is 10.6 Å². The number of halogens is 1. The molecule has 2 aromatic heterocycles. The number of piperazine rings is 1. The molecule has 0 radical (unpaired) electrons. The average Bonchev–Trinajstić information content (AvgIpc) is 3.49. The number of alkyl carbamates (subject to hydrolysis) is 1. The molecule has 4 N–H and O–H groups in total. The molecular formula is C31H43ClN8O3S. The Bertz CT molecular complexity index is 1430. The minimum Gasteiger partial charge on any atom is -0.444 e. The topological polar surface area (TPSA) is 128 Å². The molecule has 1 aromatic carbocycles. The van der Waals surface area contributed by atoms with E-state index in [4.69, 9.17) is 16.3 Å². The lowest BCUT2D eigenvalue weighted by molar-refractivity contribution is -0.130. The van der Waals surface area contributed by atoms with Crippen molar-refractivity contribution in [3.63, 3.8) is 0 Å². The fraction of sp³-hybridized carbons (Fsp3) is 0.548. The van der Waals surface area contributed by atoms with Crippen LogP contribution >= 0.6 is 23.4 Å². The van der Waals surface area contributed by atoms with Gasteiger partial charge in [0.25, 0.3) is 0 Å². The summed E-state index contributed by atoms with van der Waals surface area (Å²) in [6.07, 6.45) is 6.21. The van der Waals surface area contributed by atoms with Crippen molar-refractivity contribution < 1.29 is 14.3 Å². The van der Waals surface area contributed by atoms with Crippen molar-refractivity contribution in [3.8, 4) is 0 Å². The second kappa shape index (κ2) is 13.5. The van der Waals surface area contributed by atoms with Gasteiger partial charge in [-0.15, -0.1) is 11.8 Å². The van der Waals surface area contributed by atoms with Crippen molar-refractivity contribution in [1.82, 2.24) is 35.8 Å². The standard InChI is InChI=1S/C31H43ClN8O3S/c1-29(2,3)43-28(42)38-30(10-17-40(18-11-30)26-24-9-13-34-25(24)35-21-36-26)27(41)37-31(44-4,22-5-7-23(32)8-6-22)12-16-39-19-14-33-15-20-39/h5-9,13,21,33H,10-12,14-20H2,1-4H3,(H,37,41)(H,38,42)(H,34,35,36). The van der Waals surface area contributed by atoms with Crippen molar-refractivity contribution >= 4 is 52.2 Å². The van der Waals surface area contributed by atoms with Gasteiger partial charge in [0.2, 0.25) is 5.91 Å². The van der Waals surface area contributed by atoms with E-state index < -0.39 is 22.1 Å². The van der Waals surface area contributed by atoms with Gasteiger partial charge < -0.3 is 35.5 Å². The quantitative estimate of drug-likeness (QED) is 0.255. The van der Waals surface area contributed by atoms with Crippen LogP contribution in [0.2, 0.25) is 5.02 Å². The lowest BCUT2D eigenvalue weighted by Gasteiger charge is -2.44. The summed E-state index contributed by atoms with van der Waals surface area (Å²) < 4.78 is 5.65. The van der Waals surface area contributed by atoms with E-state index in [1.54, 1.807) is 18.1 Å². The number of aromatic nitrogens is 3. The monoisotopic (exact) mass is 642 g/mol. The van der Waals surface area contributed by atoms with Crippen LogP contribution in [0.15, 0.2) is 42.9 Å². The van der Waals surface area contributed by atoms with Gasteiger partial charge in [-0.3, -0.25) is 4.79 Å². The molecule has 238 valence electrons. The van der Waals surface area contributed by atoms with E-state index in [0.717, 1.165) is 55.1 Å². The Labute approximate surface area is 268 Å². The van der Waals surface area contributed by atoms with E-state index in [0.29, 0.717) is 37.4 Å². The van der Waals surface area contributed by atoms with Gasteiger partial charge in [-0.05, 0) is 70.1 Å². The van der Waals surface area contributed by atoms with Gasteiger partial charge in [-0.1, -0.05) is 23.7 Å². The predicted molar refractivity (Wildman–Crippen MR) is 176 cm³/mol. The zero-order valence-electron chi connectivity index (χ0n) is 25.9. The lowest BCUT2D eigenvalue weighted by Crippen LogP contribution is -2.66. The molecule has 3 aromatic rings. The van der Waals surface area contributed by atoms with Gasteiger partial charge >= 0.3 is 6.09 Å². The summed E-state index contributed by atoms with van der Waals surface area (Å²) in [6.45, 7) is 11.1. The van der Waals surface area contributed by atoms with Gasteiger partial charge in [0, 0.05) is 57.0 Å². The number of carbonyl (C=O) groups is 2. The highest BCUT2D eigenvalue weighted by Crippen LogP contribution is 2.38. The lowest BCUT2D eigenvalue weighted by atomic mass is 9.85. The first-order valence-electron chi connectivity index (χ1n) is 15.1. The minimum atomic E-state index is -1.19. The molecule has 0 spiro atoms. The summed E-state index contributed by atoms with van der Waals surface area (Å²) in [4.78, 5) is 43.6. The summed E-state index contributed by atoms with van der Waals surface area (Å²) in [5, 5.41) is 11.4. The van der Waals surface area contributed by atoms with Crippen LogP contribution in [0.1, 0.15) is 45.6 Å². The molecule has 2 aliphatic rings. The molecule has 13 heteroatoms. The minimum absolute atomic E-state index is 0.234. The number of fused-ring (bicyclic) bond motifs is 1. The number of rotatable bonds is 9. The first kappa shape index (κ1) is 32.3. The normalized spacial score (nSPS) is 18.9. The highest BCUT2D eigenvalue weighted by Gasteiger charge is 2.47. The molecular weight excluding hydrogens is 600 g/mol. The van der Waals surface area contributed by atoms with Gasteiger partial charge in [0.1, 0.15) is 33.8 Å². The molecule has 0 saturated carbocycles. The zero-order chi connectivity index (χ0) is 31.4. The third kappa shape index (κ3) is 7.42. The molecule has 4 heterocycles. The first-order chi connectivity index (χ1) is 21.0. The highest BCUT2D eigenvalue weighted by atomic mass is 35.5. The molecule has 0 bridgehead atoms. The van der Waals surface area contributed by atoms with Crippen molar-refractivity contribution in [3.05, 3.63) is 53.4 Å². The number of benzene rings is 1. The molecule has 44 heavy (non-hydrogen) atoms. The molecule has 0 aliphatic carbocycles. The number of anilines is 1. The van der Waals surface area contributed by atoms with Crippen molar-refractivity contribution in [2.75, 3.05) is 57.0 Å². The van der Waals surface area contributed by atoms with Crippen LogP contribution in [-0.2, 0) is 14.4 Å². The first-order valence-corrected chi connectivity index (χ1v) is 16.7. The molecule has 1 unspecified atom stereocenters. The maximum atomic E-state index is 14.6. The molecule has 2 saturated heterocycles. The Hall–Kier alpha value is -3.06. The number of piperidine rings is 1. The Kier molecular flexibility index (Phi) is 9.93. The van der Waals surface area contributed by atoms with Crippen molar-refractivity contribution in [2.45, 2.75) is 56.0 Å². The Morgan fingerprint density at radius 1 is 1.07 bits per heavy atom. The number of aromatic amines is 1. The summed E-state index contributed by atoms with van der Waals surface area (Å²) in [5.74, 6) is 0.570. The molecule has 2 amide bonds. The Morgan fingerprint density at radius 2 is 1.77 bits per heavy atom. The number of ether oxygens (including phenoxy) is 1. The Morgan fingerprint density at radius 3 is 2.43 bits per heavy atom. The third-order valence-electron chi connectivity index (χ3n) is 8.39. The number of nitrogens with one attached hydrogen (secondary N) is 4. The molecule has 5 rings (SSSR count). The number of carbonyl (C=O) groups excluding carboxylic acids is 2. The van der Waals surface area contributed by atoms with Crippen LogP contribution in [0.3, 0.4) is 0 Å². The van der Waals surface area contributed by atoms with E-state index in [1.165, 1.54) is 0 Å². The van der Waals surface area contributed by atoms with E-state index in [-0.39, 0.29) is 5.91 Å². The average molecular weight is 643 g/mol. The van der Waals surface area contributed by atoms with E-state index >= 15 is 0 Å². The number of hydrogen-bond acceptors (Lipinski definition) is 9. The number of nitrogens with zero attached hydrogens (tertiary/aromatic N) is 4. The number of thioether (sulfide) groups is 1. The van der Waals surface area contributed by atoms with Gasteiger partial charge in [-0.2, -0.15) is 0 Å². The van der Waals surface area contributed by atoms with E-state index in [2.05, 4.69) is 40.7 Å². The fourth-order valence-electron chi connectivity index (χ4n) is 5.94. The maximum absolute atomic E-state index is 14.6. The number of H-pyrrole nitrogens is 1. The molecule has 1 atom stereocenters. The van der Waals surface area contributed by atoms with Crippen LogP contribution in [0, 0.1) is 0 Å². The fourth-order valence-corrected chi connectivity index (χ4v) is 6.93. The molecule has 2 fully saturated rings. The van der Waals surface area contributed by atoms with Crippen LogP contribution in [-0.4, -0.2) is 95.1 Å². The van der Waals surface area contributed by atoms with E-state index in [1.807, 2.05) is 63.6 Å². The summed E-state index contributed by atoms with van der Waals surface area (Å²) in [6, 6.07) is 9.62. The SMILES string of the molecule is CSC(CCN1CCNCC1)(NC(=O)C1(NC(=O)OC(C)(C)C)CCN(c2ncnc3[nH]ccc23)CC1)c1ccc(Cl)cc1. The highest BCUT2D eigenvalue weighted by molar-refractivity contribution is 7.99. The van der Waals surface area contributed by atoms with Gasteiger partial charge in [0.15, 0.2) is 0 Å². The Balaban J connectivity index is 1.43. The van der Waals surface area contributed by atoms with Gasteiger partial charge in [-0.25, -0.2) is 14.8 Å². The van der Waals surface area contributed by atoms with Crippen molar-refractivity contribution in [2.24, 2.45) is 0 Å². The predicted octanol–water partition coefficient (Wildman–Crippen LogP) is 4.10. The second-order valence-electron chi connectivity index (χ2n) is 12.5.